The third-order valence-electron chi connectivity index (χ3n) is 5.20. The van der Waals surface area contributed by atoms with E-state index in [-0.39, 0.29) is 17.2 Å². The SMILES string of the molecule is COc1cc(-c2nnc(SCC(=O)NN=Cc3ccccc3F)n2-c2ccccc2)cc(OC)c1OC. The molecular formula is C26H24FN5O4S. The molecule has 1 aromatic heterocycles. The van der Waals surface area contributed by atoms with Crippen LogP contribution in [-0.2, 0) is 4.79 Å². The molecule has 1 amide bonds. The number of carbonyl (C=O) groups is 1. The number of carbonyl (C=O) groups excluding carboxylic acids is 1. The van der Waals surface area contributed by atoms with Crippen molar-refractivity contribution in [1.82, 2.24) is 20.2 Å². The number of hydrogen-bond acceptors (Lipinski definition) is 8. The van der Waals surface area contributed by atoms with E-state index in [0.29, 0.717) is 33.8 Å². The van der Waals surface area contributed by atoms with Crippen LogP contribution in [0.4, 0.5) is 4.39 Å². The van der Waals surface area contributed by atoms with E-state index in [1.807, 2.05) is 34.9 Å². The Balaban J connectivity index is 1.60. The van der Waals surface area contributed by atoms with E-state index < -0.39 is 5.82 Å². The summed E-state index contributed by atoms with van der Waals surface area (Å²) < 4.78 is 32.0. The molecule has 0 aliphatic rings. The van der Waals surface area contributed by atoms with Crippen LogP contribution in [0.3, 0.4) is 0 Å². The second-order valence-corrected chi connectivity index (χ2v) is 8.44. The van der Waals surface area contributed by atoms with Crippen LogP contribution < -0.4 is 19.6 Å². The Morgan fingerprint density at radius 2 is 1.68 bits per heavy atom. The summed E-state index contributed by atoms with van der Waals surface area (Å²) in [6.45, 7) is 0. The third-order valence-corrected chi connectivity index (χ3v) is 6.13. The van der Waals surface area contributed by atoms with Gasteiger partial charge in [-0.15, -0.1) is 10.2 Å². The Morgan fingerprint density at radius 3 is 2.32 bits per heavy atom. The number of methoxy groups -OCH3 is 3. The van der Waals surface area contributed by atoms with Crippen molar-refractivity contribution < 1.29 is 23.4 Å². The van der Waals surface area contributed by atoms with Crippen LogP contribution in [0.15, 0.2) is 77.0 Å². The lowest BCUT2D eigenvalue weighted by Gasteiger charge is -2.15. The molecule has 0 atom stereocenters. The average molecular weight is 522 g/mol. The number of halogens is 1. The molecule has 37 heavy (non-hydrogen) atoms. The van der Waals surface area contributed by atoms with E-state index in [1.165, 1.54) is 45.4 Å². The molecule has 0 saturated carbocycles. The Hall–Kier alpha value is -4.38. The first kappa shape index (κ1) is 25.7. The van der Waals surface area contributed by atoms with Gasteiger partial charge in [-0.1, -0.05) is 48.2 Å². The summed E-state index contributed by atoms with van der Waals surface area (Å²) in [4.78, 5) is 12.4. The van der Waals surface area contributed by atoms with E-state index in [0.717, 1.165) is 5.69 Å². The maximum absolute atomic E-state index is 13.7. The minimum Gasteiger partial charge on any atom is -0.493 e. The van der Waals surface area contributed by atoms with Crippen molar-refractivity contribution in [2.75, 3.05) is 27.1 Å². The number of rotatable bonds is 10. The zero-order valence-electron chi connectivity index (χ0n) is 20.3. The molecule has 0 saturated heterocycles. The van der Waals surface area contributed by atoms with E-state index in [4.69, 9.17) is 14.2 Å². The Bertz CT molecular complexity index is 1390. The maximum atomic E-state index is 13.7. The Morgan fingerprint density at radius 1 is 1.00 bits per heavy atom. The van der Waals surface area contributed by atoms with Gasteiger partial charge >= 0.3 is 0 Å². The van der Waals surface area contributed by atoms with E-state index in [9.17, 15) is 9.18 Å². The van der Waals surface area contributed by atoms with Gasteiger partial charge in [0, 0.05) is 16.8 Å². The summed E-state index contributed by atoms with van der Waals surface area (Å²) in [5.41, 5.74) is 4.16. The van der Waals surface area contributed by atoms with Crippen LogP contribution in [-0.4, -0.2) is 54.0 Å². The van der Waals surface area contributed by atoms with Crippen molar-refractivity contribution in [1.29, 1.82) is 0 Å². The van der Waals surface area contributed by atoms with Gasteiger partial charge in [0.2, 0.25) is 5.75 Å². The standard InChI is InChI=1S/C26H24FN5O4S/c1-34-21-13-18(14-22(35-2)24(21)36-3)25-30-31-26(32(25)19-10-5-4-6-11-19)37-16-23(33)29-28-15-17-9-7-8-12-20(17)27/h4-15H,16H2,1-3H3,(H,29,33). The lowest BCUT2D eigenvalue weighted by atomic mass is 10.1. The number of amides is 1. The van der Waals surface area contributed by atoms with Crippen LogP contribution in [0.5, 0.6) is 17.2 Å². The summed E-state index contributed by atoms with van der Waals surface area (Å²) in [7, 11) is 4.61. The molecule has 4 rings (SSSR count). The number of para-hydroxylation sites is 1. The summed E-state index contributed by atoms with van der Waals surface area (Å²) in [5.74, 6) is 1.13. The van der Waals surface area contributed by atoms with Crippen LogP contribution in [0.2, 0.25) is 0 Å². The second kappa shape index (κ2) is 12.0. The zero-order valence-corrected chi connectivity index (χ0v) is 21.2. The van der Waals surface area contributed by atoms with Gasteiger partial charge in [0.1, 0.15) is 5.82 Å². The van der Waals surface area contributed by atoms with Crippen LogP contribution >= 0.6 is 11.8 Å². The molecule has 11 heteroatoms. The molecule has 1 heterocycles. The molecule has 0 fully saturated rings. The van der Waals surface area contributed by atoms with Gasteiger partial charge < -0.3 is 14.2 Å². The Kier molecular flexibility index (Phi) is 8.37. The Labute approximate surface area is 217 Å². The lowest BCUT2D eigenvalue weighted by molar-refractivity contribution is -0.118. The highest BCUT2D eigenvalue weighted by Gasteiger charge is 2.21. The molecule has 1 N–H and O–H groups in total. The minimum atomic E-state index is -0.426. The predicted molar refractivity (Wildman–Crippen MR) is 139 cm³/mol. The first-order valence-electron chi connectivity index (χ1n) is 11.1. The number of aromatic nitrogens is 3. The van der Waals surface area contributed by atoms with Crippen molar-refractivity contribution in [3.8, 4) is 34.3 Å². The fourth-order valence-electron chi connectivity index (χ4n) is 3.49. The molecule has 0 spiro atoms. The smallest absolute Gasteiger partial charge is 0.250 e. The second-order valence-electron chi connectivity index (χ2n) is 7.49. The number of nitrogens with zero attached hydrogens (tertiary/aromatic N) is 4. The molecule has 0 unspecified atom stereocenters. The number of benzene rings is 3. The van der Waals surface area contributed by atoms with Crippen molar-refractivity contribution in [2.24, 2.45) is 5.10 Å². The fraction of sp³-hybridized carbons (Fsp3) is 0.154. The van der Waals surface area contributed by atoms with Gasteiger partial charge in [-0.3, -0.25) is 9.36 Å². The highest BCUT2D eigenvalue weighted by atomic mass is 32.2. The molecule has 0 aliphatic heterocycles. The number of nitrogens with one attached hydrogen (secondary N) is 1. The third kappa shape index (κ3) is 5.89. The summed E-state index contributed by atoms with van der Waals surface area (Å²) in [5, 5.41) is 13.1. The van der Waals surface area contributed by atoms with Crippen molar-refractivity contribution in [2.45, 2.75) is 5.16 Å². The molecule has 3 aromatic carbocycles. The van der Waals surface area contributed by atoms with Gasteiger partial charge in [-0.25, -0.2) is 9.82 Å². The first-order chi connectivity index (χ1) is 18.0. The van der Waals surface area contributed by atoms with E-state index >= 15 is 0 Å². The van der Waals surface area contributed by atoms with Crippen LogP contribution in [0.1, 0.15) is 5.56 Å². The first-order valence-corrected chi connectivity index (χ1v) is 12.0. The molecule has 0 aliphatic carbocycles. The molecule has 9 nitrogen and oxygen atoms in total. The number of ether oxygens (including phenoxy) is 3. The summed E-state index contributed by atoms with van der Waals surface area (Å²) in [6, 6.07) is 19.2. The fourth-order valence-corrected chi connectivity index (χ4v) is 4.23. The van der Waals surface area contributed by atoms with E-state index in [2.05, 4.69) is 20.7 Å². The van der Waals surface area contributed by atoms with Gasteiger partial charge in [0.15, 0.2) is 22.5 Å². The van der Waals surface area contributed by atoms with Gasteiger partial charge in [0.25, 0.3) is 5.91 Å². The quantitative estimate of drug-likeness (QED) is 0.188. The number of hydrazone groups is 1. The summed E-state index contributed by atoms with van der Waals surface area (Å²) >= 11 is 1.18. The van der Waals surface area contributed by atoms with Gasteiger partial charge in [-0.05, 0) is 30.3 Å². The van der Waals surface area contributed by atoms with E-state index in [1.54, 1.807) is 30.3 Å². The highest BCUT2D eigenvalue weighted by molar-refractivity contribution is 7.99. The van der Waals surface area contributed by atoms with Gasteiger partial charge in [0.05, 0.1) is 33.3 Å². The topological polar surface area (TPSA) is 99.9 Å². The van der Waals surface area contributed by atoms with Crippen molar-refractivity contribution in [3.63, 3.8) is 0 Å². The zero-order chi connectivity index (χ0) is 26.2. The van der Waals surface area contributed by atoms with Crippen molar-refractivity contribution in [3.05, 3.63) is 78.1 Å². The van der Waals surface area contributed by atoms with Crippen LogP contribution in [0, 0.1) is 5.82 Å². The van der Waals surface area contributed by atoms with Gasteiger partial charge in [-0.2, -0.15) is 5.10 Å². The van der Waals surface area contributed by atoms with Crippen molar-refractivity contribution >= 4 is 23.9 Å². The lowest BCUT2D eigenvalue weighted by Crippen LogP contribution is -2.20. The largest absolute Gasteiger partial charge is 0.493 e. The monoisotopic (exact) mass is 521 g/mol. The normalized spacial score (nSPS) is 10.9. The molecular weight excluding hydrogens is 497 g/mol. The van der Waals surface area contributed by atoms with Crippen LogP contribution in [0.25, 0.3) is 17.1 Å². The minimum absolute atomic E-state index is 0.00876. The number of thioether (sulfide) groups is 1. The summed E-state index contributed by atoms with van der Waals surface area (Å²) in [6.07, 6.45) is 1.26. The molecule has 190 valence electrons. The maximum Gasteiger partial charge on any atom is 0.250 e. The molecule has 4 aromatic rings. The molecule has 0 radical (unpaired) electrons. The number of hydrogen-bond donors (Lipinski definition) is 1. The predicted octanol–water partition coefficient (Wildman–Crippen LogP) is 4.34. The molecule has 0 bridgehead atoms. The average Bonchev–Trinajstić information content (AvgIpc) is 3.36. The highest BCUT2D eigenvalue weighted by Crippen LogP contribution is 2.41.